The van der Waals surface area contributed by atoms with Crippen LogP contribution in [-0.2, 0) is 16.0 Å². The first-order valence-corrected chi connectivity index (χ1v) is 8.32. The minimum atomic E-state index is 0.0289. The molecule has 0 spiro atoms. The van der Waals surface area contributed by atoms with E-state index in [4.69, 9.17) is 4.74 Å². The molecule has 2 rings (SSSR count). The third-order valence-electron chi connectivity index (χ3n) is 4.37. The Kier molecular flexibility index (Phi) is 6.44. The van der Waals surface area contributed by atoms with Gasteiger partial charge >= 0.3 is 0 Å². The number of carbonyl (C=O) groups is 2. The molecule has 0 aromatic heterocycles. The molecule has 1 aromatic carbocycles. The Morgan fingerprint density at radius 3 is 2.70 bits per heavy atom. The number of carbonyl (C=O) groups excluding carboxylic acids is 2. The summed E-state index contributed by atoms with van der Waals surface area (Å²) in [5.74, 6) is 1.15. The smallest absolute Gasteiger partial charge is 0.223 e. The molecule has 1 heterocycles. The number of hydrogen-bond donors (Lipinski definition) is 1. The second-order valence-corrected chi connectivity index (χ2v) is 5.90. The minimum absolute atomic E-state index is 0.0289. The van der Waals surface area contributed by atoms with Crippen molar-refractivity contribution < 1.29 is 14.3 Å². The van der Waals surface area contributed by atoms with Crippen molar-refractivity contribution in [3.05, 3.63) is 29.8 Å². The summed E-state index contributed by atoms with van der Waals surface area (Å²) in [4.78, 5) is 25.7. The first-order valence-electron chi connectivity index (χ1n) is 8.32. The maximum Gasteiger partial charge on any atom is 0.223 e. The van der Waals surface area contributed by atoms with Crippen LogP contribution in [0.2, 0.25) is 0 Å². The number of ether oxygens (including phenoxy) is 1. The number of rotatable bonds is 6. The summed E-state index contributed by atoms with van der Waals surface area (Å²) >= 11 is 0. The number of nitrogens with zero attached hydrogens (tertiary/aromatic N) is 1. The minimum Gasteiger partial charge on any atom is -0.497 e. The van der Waals surface area contributed by atoms with E-state index in [2.05, 4.69) is 5.32 Å². The molecular formula is C18H26N2O3. The molecule has 126 valence electrons. The zero-order valence-electron chi connectivity index (χ0n) is 14.0. The van der Waals surface area contributed by atoms with Gasteiger partial charge in [-0.05, 0) is 37.0 Å². The lowest BCUT2D eigenvalue weighted by molar-refractivity contribution is -0.135. The van der Waals surface area contributed by atoms with Crippen LogP contribution in [0.1, 0.15) is 31.7 Å². The molecule has 0 saturated carbocycles. The van der Waals surface area contributed by atoms with Crippen LogP contribution in [-0.4, -0.2) is 43.5 Å². The Bertz CT molecular complexity index is 537. The van der Waals surface area contributed by atoms with Gasteiger partial charge in [-0.2, -0.15) is 0 Å². The van der Waals surface area contributed by atoms with E-state index >= 15 is 0 Å². The molecule has 0 unspecified atom stereocenters. The molecule has 0 bridgehead atoms. The Hall–Kier alpha value is -2.04. The fourth-order valence-corrected chi connectivity index (χ4v) is 2.92. The van der Waals surface area contributed by atoms with Crippen LogP contribution in [0.4, 0.5) is 0 Å². The number of piperidine rings is 1. The van der Waals surface area contributed by atoms with Crippen molar-refractivity contribution in [1.29, 1.82) is 0 Å². The highest BCUT2D eigenvalue weighted by atomic mass is 16.5. The molecule has 1 aromatic rings. The van der Waals surface area contributed by atoms with Crippen molar-refractivity contribution in [1.82, 2.24) is 10.2 Å². The molecule has 1 aliphatic heterocycles. The summed E-state index contributed by atoms with van der Waals surface area (Å²) in [5, 5.41) is 3.01. The van der Waals surface area contributed by atoms with Gasteiger partial charge < -0.3 is 15.0 Å². The quantitative estimate of drug-likeness (QED) is 0.873. The normalized spacial score (nSPS) is 15.3. The van der Waals surface area contributed by atoms with Crippen molar-refractivity contribution in [3.63, 3.8) is 0 Å². The maximum absolute atomic E-state index is 12.2. The van der Waals surface area contributed by atoms with Gasteiger partial charge in [-0.3, -0.25) is 9.59 Å². The highest BCUT2D eigenvalue weighted by Crippen LogP contribution is 2.18. The summed E-state index contributed by atoms with van der Waals surface area (Å²) in [5.41, 5.74) is 1.15. The van der Waals surface area contributed by atoms with Crippen LogP contribution in [0.25, 0.3) is 0 Å². The Morgan fingerprint density at radius 1 is 1.30 bits per heavy atom. The van der Waals surface area contributed by atoms with Crippen LogP contribution >= 0.6 is 0 Å². The second kappa shape index (κ2) is 8.56. The molecule has 2 amide bonds. The average Bonchev–Trinajstić information content (AvgIpc) is 2.61. The lowest BCUT2D eigenvalue weighted by Gasteiger charge is -2.31. The molecule has 0 atom stereocenters. The third-order valence-corrected chi connectivity index (χ3v) is 4.37. The molecule has 1 saturated heterocycles. The topological polar surface area (TPSA) is 58.6 Å². The van der Waals surface area contributed by atoms with Gasteiger partial charge in [0.1, 0.15) is 5.75 Å². The molecule has 5 heteroatoms. The van der Waals surface area contributed by atoms with Crippen LogP contribution in [0.5, 0.6) is 5.75 Å². The fourth-order valence-electron chi connectivity index (χ4n) is 2.92. The van der Waals surface area contributed by atoms with E-state index < -0.39 is 0 Å². The predicted octanol–water partition coefficient (Wildman–Crippen LogP) is 2.00. The molecule has 0 aliphatic carbocycles. The van der Waals surface area contributed by atoms with Gasteiger partial charge in [0.15, 0.2) is 0 Å². The number of amides is 2. The monoisotopic (exact) mass is 318 g/mol. The number of hydrogen-bond acceptors (Lipinski definition) is 3. The lowest BCUT2D eigenvalue weighted by atomic mass is 9.95. The van der Waals surface area contributed by atoms with Gasteiger partial charge in [0, 0.05) is 32.0 Å². The van der Waals surface area contributed by atoms with Gasteiger partial charge in [0.2, 0.25) is 11.8 Å². The fraction of sp³-hybridized carbons (Fsp3) is 0.556. The molecule has 1 N–H and O–H groups in total. The first kappa shape index (κ1) is 17.3. The van der Waals surface area contributed by atoms with Gasteiger partial charge in [-0.1, -0.05) is 19.1 Å². The predicted molar refractivity (Wildman–Crippen MR) is 89.3 cm³/mol. The highest BCUT2D eigenvalue weighted by Gasteiger charge is 2.26. The van der Waals surface area contributed by atoms with Crippen LogP contribution in [0.3, 0.4) is 0 Å². The zero-order valence-corrected chi connectivity index (χ0v) is 14.0. The van der Waals surface area contributed by atoms with Crippen molar-refractivity contribution in [2.24, 2.45) is 5.92 Å². The van der Waals surface area contributed by atoms with Gasteiger partial charge in [-0.25, -0.2) is 0 Å². The van der Waals surface area contributed by atoms with E-state index in [-0.39, 0.29) is 17.7 Å². The van der Waals surface area contributed by atoms with Crippen molar-refractivity contribution in [3.8, 4) is 5.75 Å². The van der Waals surface area contributed by atoms with E-state index in [9.17, 15) is 9.59 Å². The van der Waals surface area contributed by atoms with Crippen molar-refractivity contribution in [2.75, 3.05) is 26.7 Å². The molecule has 1 fully saturated rings. The molecule has 5 nitrogen and oxygen atoms in total. The third kappa shape index (κ3) is 4.98. The first-order chi connectivity index (χ1) is 11.1. The number of nitrogens with one attached hydrogen (secondary N) is 1. The van der Waals surface area contributed by atoms with E-state index in [1.54, 1.807) is 7.11 Å². The Balaban J connectivity index is 1.72. The van der Waals surface area contributed by atoms with Crippen molar-refractivity contribution >= 4 is 11.8 Å². The molecule has 23 heavy (non-hydrogen) atoms. The Labute approximate surface area is 138 Å². The largest absolute Gasteiger partial charge is 0.497 e. The standard InChI is InChI=1S/C18H26N2O3/c1-3-17(21)20-11-8-15(9-12-20)18(22)19-10-7-14-5-4-6-16(13-14)23-2/h4-6,13,15H,3,7-12H2,1-2H3,(H,19,22). The van der Waals surface area contributed by atoms with E-state index in [0.717, 1.165) is 30.6 Å². The van der Waals surface area contributed by atoms with E-state index in [1.807, 2.05) is 36.1 Å². The molecule has 1 aliphatic rings. The van der Waals surface area contributed by atoms with E-state index in [0.29, 0.717) is 26.1 Å². The molecular weight excluding hydrogens is 292 g/mol. The van der Waals surface area contributed by atoms with Gasteiger partial charge in [0.25, 0.3) is 0 Å². The maximum atomic E-state index is 12.2. The summed E-state index contributed by atoms with van der Waals surface area (Å²) in [6, 6.07) is 7.88. The van der Waals surface area contributed by atoms with E-state index in [1.165, 1.54) is 0 Å². The summed E-state index contributed by atoms with van der Waals surface area (Å²) < 4.78 is 5.20. The van der Waals surface area contributed by atoms with Crippen LogP contribution in [0.15, 0.2) is 24.3 Å². The molecule has 0 radical (unpaired) electrons. The lowest BCUT2D eigenvalue weighted by Crippen LogP contribution is -2.43. The van der Waals surface area contributed by atoms with Crippen LogP contribution in [0, 0.1) is 5.92 Å². The zero-order chi connectivity index (χ0) is 16.7. The van der Waals surface area contributed by atoms with Crippen LogP contribution < -0.4 is 10.1 Å². The second-order valence-electron chi connectivity index (χ2n) is 5.90. The summed E-state index contributed by atoms with van der Waals surface area (Å²) in [6.07, 6.45) is 2.85. The SMILES string of the molecule is CCC(=O)N1CCC(C(=O)NCCc2cccc(OC)c2)CC1. The number of methoxy groups -OCH3 is 1. The number of likely N-dealkylation sites (tertiary alicyclic amines) is 1. The van der Waals surface area contributed by atoms with Crippen molar-refractivity contribution in [2.45, 2.75) is 32.6 Å². The van der Waals surface area contributed by atoms with Gasteiger partial charge in [0.05, 0.1) is 7.11 Å². The van der Waals surface area contributed by atoms with Gasteiger partial charge in [-0.15, -0.1) is 0 Å². The average molecular weight is 318 g/mol. The summed E-state index contributed by atoms with van der Waals surface area (Å²) in [7, 11) is 1.65. The highest BCUT2D eigenvalue weighted by molar-refractivity contribution is 5.80. The Morgan fingerprint density at radius 2 is 2.04 bits per heavy atom. The number of benzene rings is 1. The summed E-state index contributed by atoms with van der Waals surface area (Å²) in [6.45, 7) is 3.89.